The van der Waals surface area contributed by atoms with Gasteiger partial charge in [-0.1, -0.05) is 55.5 Å². The Hall–Kier alpha value is -2.41. The van der Waals surface area contributed by atoms with Crippen molar-refractivity contribution in [3.05, 3.63) is 78.1 Å². The van der Waals surface area contributed by atoms with Crippen molar-refractivity contribution in [2.75, 3.05) is 0 Å². The van der Waals surface area contributed by atoms with Gasteiger partial charge in [-0.05, 0) is 35.4 Å². The van der Waals surface area contributed by atoms with E-state index in [1.165, 1.54) is 27.6 Å². The van der Waals surface area contributed by atoms with Crippen molar-refractivity contribution in [1.29, 1.82) is 0 Å². The molecule has 2 heterocycles. The number of benzene rings is 2. The van der Waals surface area contributed by atoms with Gasteiger partial charge in [-0.3, -0.25) is 0 Å². The topological polar surface area (TPSA) is 3.88 Å². The summed E-state index contributed by atoms with van der Waals surface area (Å²) in [5, 5.41) is 2.65. The fraction of sp³-hybridized carbons (Fsp3) is 0.227. The van der Waals surface area contributed by atoms with Crippen molar-refractivity contribution < 1.29 is 4.57 Å². The van der Waals surface area contributed by atoms with Gasteiger partial charge < -0.3 is 0 Å². The Balaban J connectivity index is 2.00. The standard InChI is InChI=1S/C22H22N/c1-16-14-17(2)23-13-12-19-10-6-7-11-20(19)22(23)15-21(16)18-8-4-3-5-9-18/h3-13,15-17H,14H2,1-2H3/q+1. The SMILES string of the molecule is CC1CC(C)[n+]2ccc3ccccc3c2C=C1c1ccccc1. The number of allylic oxidation sites excluding steroid dienone is 1. The third-order valence-corrected chi connectivity index (χ3v) is 5.03. The minimum atomic E-state index is 0.502. The summed E-state index contributed by atoms with van der Waals surface area (Å²) in [6, 6.07) is 22.2. The van der Waals surface area contributed by atoms with Crippen LogP contribution < -0.4 is 4.57 Å². The van der Waals surface area contributed by atoms with Crippen LogP contribution in [-0.2, 0) is 0 Å². The van der Waals surface area contributed by atoms with E-state index in [2.05, 4.69) is 91.4 Å². The number of nitrogens with zero attached hydrogens (tertiary/aromatic N) is 1. The summed E-state index contributed by atoms with van der Waals surface area (Å²) in [4.78, 5) is 0. The van der Waals surface area contributed by atoms with Gasteiger partial charge in [0.05, 0.1) is 5.39 Å². The molecule has 1 nitrogen and oxygen atoms in total. The molecule has 1 aliphatic rings. The van der Waals surface area contributed by atoms with E-state index in [0.717, 1.165) is 6.42 Å². The lowest BCUT2D eigenvalue weighted by molar-refractivity contribution is -0.720. The molecule has 2 atom stereocenters. The maximum absolute atomic E-state index is 2.44. The summed E-state index contributed by atoms with van der Waals surface area (Å²) >= 11 is 0. The van der Waals surface area contributed by atoms with E-state index in [-0.39, 0.29) is 0 Å². The summed E-state index contributed by atoms with van der Waals surface area (Å²) in [6.07, 6.45) is 5.82. The second kappa shape index (κ2) is 5.66. The monoisotopic (exact) mass is 300 g/mol. The van der Waals surface area contributed by atoms with Gasteiger partial charge in [0, 0.05) is 18.6 Å². The molecule has 3 aromatic rings. The largest absolute Gasteiger partial charge is 0.213 e. The Kier molecular flexibility index (Phi) is 3.49. The highest BCUT2D eigenvalue weighted by molar-refractivity contribution is 5.93. The lowest BCUT2D eigenvalue weighted by atomic mass is 9.89. The van der Waals surface area contributed by atoms with Crippen molar-refractivity contribution in [3.8, 4) is 0 Å². The van der Waals surface area contributed by atoms with E-state index in [1.54, 1.807) is 0 Å². The van der Waals surface area contributed by atoms with Gasteiger partial charge in [0.1, 0.15) is 0 Å². The van der Waals surface area contributed by atoms with E-state index in [1.807, 2.05) is 0 Å². The van der Waals surface area contributed by atoms with Crippen LogP contribution >= 0.6 is 0 Å². The van der Waals surface area contributed by atoms with Crippen molar-refractivity contribution in [3.63, 3.8) is 0 Å². The minimum absolute atomic E-state index is 0.502. The predicted molar refractivity (Wildman–Crippen MR) is 96.9 cm³/mol. The number of rotatable bonds is 1. The van der Waals surface area contributed by atoms with Crippen LogP contribution in [0.15, 0.2) is 66.9 Å². The average Bonchev–Trinajstić information content (AvgIpc) is 2.72. The van der Waals surface area contributed by atoms with Crippen LogP contribution in [0, 0.1) is 5.92 Å². The molecule has 0 fully saturated rings. The Morgan fingerprint density at radius 2 is 1.61 bits per heavy atom. The van der Waals surface area contributed by atoms with E-state index < -0.39 is 0 Å². The second-order valence-electron chi connectivity index (χ2n) is 6.65. The molecule has 0 spiro atoms. The first-order valence-corrected chi connectivity index (χ1v) is 8.44. The highest BCUT2D eigenvalue weighted by Crippen LogP contribution is 2.34. The Bertz CT molecular complexity index is 877. The van der Waals surface area contributed by atoms with Gasteiger partial charge in [0.15, 0.2) is 12.2 Å². The predicted octanol–water partition coefficient (Wildman–Crippen LogP) is 5.27. The zero-order valence-electron chi connectivity index (χ0n) is 13.7. The number of pyridine rings is 1. The molecular weight excluding hydrogens is 278 g/mol. The fourth-order valence-corrected chi connectivity index (χ4v) is 3.83. The number of fused-ring (bicyclic) bond motifs is 3. The highest BCUT2D eigenvalue weighted by Gasteiger charge is 2.28. The molecule has 1 aliphatic heterocycles. The van der Waals surface area contributed by atoms with Crippen LogP contribution in [0.4, 0.5) is 0 Å². The van der Waals surface area contributed by atoms with Crippen LogP contribution in [0.5, 0.6) is 0 Å². The van der Waals surface area contributed by atoms with Crippen molar-refractivity contribution in [2.24, 2.45) is 5.92 Å². The minimum Gasteiger partial charge on any atom is -0.196 e. The van der Waals surface area contributed by atoms with Gasteiger partial charge in [0.25, 0.3) is 0 Å². The molecule has 1 aromatic heterocycles. The molecular formula is C22H22N+. The molecule has 0 aliphatic carbocycles. The van der Waals surface area contributed by atoms with Gasteiger partial charge in [-0.15, -0.1) is 0 Å². The Morgan fingerprint density at radius 1 is 0.870 bits per heavy atom. The number of aromatic nitrogens is 1. The highest BCUT2D eigenvalue weighted by atomic mass is 15.0. The van der Waals surface area contributed by atoms with Crippen molar-refractivity contribution in [2.45, 2.75) is 26.3 Å². The summed E-state index contributed by atoms with van der Waals surface area (Å²) in [7, 11) is 0. The lowest BCUT2D eigenvalue weighted by Crippen LogP contribution is -2.40. The maximum Gasteiger partial charge on any atom is 0.213 e. The first-order chi connectivity index (χ1) is 11.2. The smallest absolute Gasteiger partial charge is 0.196 e. The van der Waals surface area contributed by atoms with E-state index >= 15 is 0 Å². The van der Waals surface area contributed by atoms with E-state index in [0.29, 0.717) is 12.0 Å². The fourth-order valence-electron chi connectivity index (χ4n) is 3.83. The molecule has 23 heavy (non-hydrogen) atoms. The van der Waals surface area contributed by atoms with E-state index in [4.69, 9.17) is 0 Å². The zero-order chi connectivity index (χ0) is 15.8. The van der Waals surface area contributed by atoms with Gasteiger partial charge >= 0.3 is 0 Å². The lowest BCUT2D eigenvalue weighted by Gasteiger charge is -2.14. The molecule has 2 aromatic carbocycles. The van der Waals surface area contributed by atoms with Gasteiger partial charge in [0.2, 0.25) is 5.69 Å². The molecule has 1 heteroatoms. The Morgan fingerprint density at radius 3 is 2.43 bits per heavy atom. The maximum atomic E-state index is 2.44. The first kappa shape index (κ1) is 14.2. The number of hydrogen-bond acceptors (Lipinski definition) is 0. The quantitative estimate of drug-likeness (QED) is 0.539. The summed E-state index contributed by atoms with van der Waals surface area (Å²) in [5.74, 6) is 0.547. The molecule has 0 saturated carbocycles. The molecule has 4 rings (SSSR count). The van der Waals surface area contributed by atoms with Crippen LogP contribution in [0.1, 0.15) is 37.6 Å². The van der Waals surface area contributed by atoms with Crippen LogP contribution in [-0.4, -0.2) is 0 Å². The average molecular weight is 300 g/mol. The van der Waals surface area contributed by atoms with E-state index in [9.17, 15) is 0 Å². The van der Waals surface area contributed by atoms with Crippen molar-refractivity contribution in [1.82, 2.24) is 0 Å². The van der Waals surface area contributed by atoms with Crippen molar-refractivity contribution >= 4 is 22.4 Å². The molecule has 0 saturated heterocycles. The normalized spacial score (nSPS) is 20.7. The Labute approximate surface area is 137 Å². The van der Waals surface area contributed by atoms with Gasteiger partial charge in [-0.2, -0.15) is 4.57 Å². The second-order valence-corrected chi connectivity index (χ2v) is 6.65. The van der Waals surface area contributed by atoms with Crippen LogP contribution in [0.3, 0.4) is 0 Å². The summed E-state index contributed by atoms with van der Waals surface area (Å²) < 4.78 is 2.44. The molecule has 0 amide bonds. The molecule has 2 unspecified atom stereocenters. The number of hydrogen-bond donors (Lipinski definition) is 0. The molecule has 0 radical (unpaired) electrons. The third kappa shape index (κ3) is 2.46. The summed E-state index contributed by atoms with van der Waals surface area (Å²) in [6.45, 7) is 4.68. The first-order valence-electron chi connectivity index (χ1n) is 8.44. The molecule has 0 bridgehead atoms. The van der Waals surface area contributed by atoms with Gasteiger partial charge in [-0.25, -0.2) is 0 Å². The van der Waals surface area contributed by atoms with Crippen LogP contribution in [0.2, 0.25) is 0 Å². The summed E-state index contributed by atoms with van der Waals surface area (Å²) in [5.41, 5.74) is 4.12. The molecule has 0 N–H and O–H groups in total. The third-order valence-electron chi connectivity index (χ3n) is 5.03. The molecule has 114 valence electrons. The zero-order valence-corrected chi connectivity index (χ0v) is 13.7. The van der Waals surface area contributed by atoms with Crippen LogP contribution in [0.25, 0.3) is 22.4 Å².